The average Bonchev–Trinajstić information content (AvgIpc) is 2.87. The predicted octanol–water partition coefficient (Wildman–Crippen LogP) is 1.84. The van der Waals surface area contributed by atoms with Crippen molar-refractivity contribution in [3.05, 3.63) is 29.8 Å². The van der Waals surface area contributed by atoms with E-state index in [4.69, 9.17) is 10.00 Å². The summed E-state index contributed by atoms with van der Waals surface area (Å²) >= 11 is 0. The highest BCUT2D eigenvalue weighted by Crippen LogP contribution is 2.28. The summed E-state index contributed by atoms with van der Waals surface area (Å²) in [7, 11) is 0. The normalized spacial score (nSPS) is 28.2. The van der Waals surface area contributed by atoms with E-state index in [2.05, 4.69) is 23.1 Å². The van der Waals surface area contributed by atoms with Gasteiger partial charge in [0.1, 0.15) is 12.4 Å². The minimum atomic E-state index is 0.215. The van der Waals surface area contributed by atoms with Crippen molar-refractivity contribution in [1.82, 2.24) is 4.90 Å². The van der Waals surface area contributed by atoms with Crippen LogP contribution in [0.4, 0.5) is 0 Å². The van der Waals surface area contributed by atoms with E-state index in [9.17, 15) is 0 Å². The number of hydrogen-bond donors (Lipinski definition) is 0. The van der Waals surface area contributed by atoms with Gasteiger partial charge in [-0.3, -0.25) is 4.90 Å². The van der Waals surface area contributed by atoms with E-state index in [0.29, 0.717) is 6.04 Å². The summed E-state index contributed by atoms with van der Waals surface area (Å²) in [4.78, 5) is 2.41. The van der Waals surface area contributed by atoms with E-state index >= 15 is 0 Å². The molecule has 2 aliphatic heterocycles. The monoisotopic (exact) mass is 228 g/mol. The van der Waals surface area contributed by atoms with Crippen molar-refractivity contribution >= 4 is 0 Å². The Bertz CT molecular complexity index is 452. The fraction of sp³-hybridized carbons (Fsp3) is 0.500. The quantitative estimate of drug-likeness (QED) is 0.736. The number of rotatable bonds is 1. The zero-order chi connectivity index (χ0) is 11.7. The molecule has 1 aromatic carbocycles. The zero-order valence-electron chi connectivity index (χ0n) is 9.80. The third kappa shape index (κ3) is 2.01. The predicted molar refractivity (Wildman–Crippen MR) is 64.7 cm³/mol. The first-order chi connectivity index (χ1) is 8.36. The van der Waals surface area contributed by atoms with Crippen LogP contribution in [0.1, 0.15) is 12.0 Å². The van der Waals surface area contributed by atoms with Gasteiger partial charge < -0.3 is 4.74 Å². The lowest BCUT2D eigenvalue weighted by molar-refractivity contribution is 0.140. The molecule has 0 unspecified atom stereocenters. The fourth-order valence-electron chi connectivity index (χ4n) is 2.77. The van der Waals surface area contributed by atoms with Crippen LogP contribution in [0.25, 0.3) is 0 Å². The molecule has 0 amide bonds. The van der Waals surface area contributed by atoms with Crippen LogP contribution in [0.3, 0.4) is 0 Å². The molecule has 2 heterocycles. The summed E-state index contributed by atoms with van der Waals surface area (Å²) < 4.78 is 5.79. The van der Waals surface area contributed by atoms with Crippen molar-refractivity contribution < 1.29 is 4.74 Å². The summed E-state index contributed by atoms with van der Waals surface area (Å²) in [5.74, 6) is 1.24. The van der Waals surface area contributed by atoms with Crippen LogP contribution in [0.2, 0.25) is 0 Å². The van der Waals surface area contributed by atoms with Gasteiger partial charge in [0.05, 0.1) is 12.0 Å². The molecule has 0 aliphatic carbocycles. The van der Waals surface area contributed by atoms with Gasteiger partial charge in [0, 0.05) is 12.6 Å². The van der Waals surface area contributed by atoms with Gasteiger partial charge in [0.25, 0.3) is 0 Å². The molecule has 0 N–H and O–H groups in total. The Morgan fingerprint density at radius 2 is 2.24 bits per heavy atom. The number of nitrogens with zero attached hydrogens (tertiary/aromatic N) is 2. The number of nitriles is 1. The maximum Gasteiger partial charge on any atom is 0.122 e. The highest BCUT2D eigenvalue weighted by Gasteiger charge is 2.31. The van der Waals surface area contributed by atoms with Crippen molar-refractivity contribution in [3.63, 3.8) is 0 Å². The summed E-state index contributed by atoms with van der Waals surface area (Å²) in [6, 6.07) is 11.1. The van der Waals surface area contributed by atoms with Gasteiger partial charge in [-0.05, 0) is 31.0 Å². The molecule has 0 bridgehead atoms. The lowest BCUT2D eigenvalue weighted by Crippen LogP contribution is -2.41. The Morgan fingerprint density at radius 1 is 1.35 bits per heavy atom. The van der Waals surface area contributed by atoms with E-state index < -0.39 is 0 Å². The van der Waals surface area contributed by atoms with Crippen molar-refractivity contribution in [1.29, 1.82) is 5.26 Å². The van der Waals surface area contributed by atoms with Crippen molar-refractivity contribution in [2.45, 2.75) is 18.9 Å². The molecule has 0 saturated carbocycles. The number of ether oxygens (including phenoxy) is 1. The Kier molecular flexibility index (Phi) is 2.74. The molecule has 0 spiro atoms. The SMILES string of the molecule is N#C[C@H]1CCN([C@H]2COc3ccccc3C2)C1. The minimum Gasteiger partial charge on any atom is -0.492 e. The van der Waals surface area contributed by atoms with E-state index in [0.717, 1.165) is 38.3 Å². The van der Waals surface area contributed by atoms with E-state index in [1.807, 2.05) is 12.1 Å². The number of likely N-dealkylation sites (tertiary alicyclic amines) is 1. The summed E-state index contributed by atoms with van der Waals surface area (Å²) in [5, 5.41) is 8.93. The first-order valence-corrected chi connectivity index (χ1v) is 6.21. The van der Waals surface area contributed by atoms with Gasteiger partial charge >= 0.3 is 0 Å². The number of hydrogen-bond acceptors (Lipinski definition) is 3. The third-order valence-electron chi connectivity index (χ3n) is 3.78. The Labute approximate surface area is 102 Å². The average molecular weight is 228 g/mol. The molecular weight excluding hydrogens is 212 g/mol. The zero-order valence-corrected chi connectivity index (χ0v) is 9.80. The molecule has 2 atom stereocenters. The fourth-order valence-corrected chi connectivity index (χ4v) is 2.77. The third-order valence-corrected chi connectivity index (χ3v) is 3.78. The lowest BCUT2D eigenvalue weighted by atomic mass is 10.0. The molecule has 88 valence electrons. The van der Waals surface area contributed by atoms with E-state index in [1.54, 1.807) is 0 Å². The van der Waals surface area contributed by atoms with Crippen molar-refractivity contribution in [2.75, 3.05) is 19.7 Å². The van der Waals surface area contributed by atoms with Crippen LogP contribution in [-0.2, 0) is 6.42 Å². The Morgan fingerprint density at radius 3 is 3.06 bits per heavy atom. The van der Waals surface area contributed by atoms with Gasteiger partial charge in [-0.1, -0.05) is 18.2 Å². The molecule has 17 heavy (non-hydrogen) atoms. The van der Waals surface area contributed by atoms with Crippen molar-refractivity contribution in [2.24, 2.45) is 5.92 Å². The second-order valence-corrected chi connectivity index (χ2v) is 4.89. The first kappa shape index (κ1) is 10.6. The minimum absolute atomic E-state index is 0.215. The molecule has 0 aromatic heterocycles. The standard InChI is InChI=1S/C14H16N2O/c15-8-11-5-6-16(9-11)13-7-12-3-1-2-4-14(12)17-10-13/h1-4,11,13H,5-7,9-10H2/t11-,13-/m1/s1. The molecule has 3 rings (SSSR count). The maximum atomic E-state index is 8.93. The van der Waals surface area contributed by atoms with Crippen LogP contribution in [0.5, 0.6) is 5.75 Å². The topological polar surface area (TPSA) is 36.3 Å². The largest absolute Gasteiger partial charge is 0.492 e. The van der Waals surface area contributed by atoms with Crippen LogP contribution < -0.4 is 4.74 Å². The van der Waals surface area contributed by atoms with Crippen LogP contribution in [0, 0.1) is 17.2 Å². The first-order valence-electron chi connectivity index (χ1n) is 6.21. The molecule has 0 radical (unpaired) electrons. The van der Waals surface area contributed by atoms with Gasteiger partial charge in [0.2, 0.25) is 0 Å². The smallest absolute Gasteiger partial charge is 0.122 e. The van der Waals surface area contributed by atoms with Gasteiger partial charge in [-0.15, -0.1) is 0 Å². The summed E-state index contributed by atoms with van der Waals surface area (Å²) in [6.45, 7) is 2.70. The van der Waals surface area contributed by atoms with Crippen LogP contribution >= 0.6 is 0 Å². The molecule has 2 aliphatic rings. The van der Waals surface area contributed by atoms with Crippen LogP contribution in [-0.4, -0.2) is 30.6 Å². The van der Waals surface area contributed by atoms with Crippen molar-refractivity contribution in [3.8, 4) is 11.8 Å². The van der Waals surface area contributed by atoms with E-state index in [1.165, 1.54) is 5.56 Å². The summed E-state index contributed by atoms with van der Waals surface area (Å²) in [5.41, 5.74) is 1.30. The Hall–Kier alpha value is -1.53. The van der Waals surface area contributed by atoms with Gasteiger partial charge in [0.15, 0.2) is 0 Å². The maximum absolute atomic E-state index is 8.93. The number of fused-ring (bicyclic) bond motifs is 1. The molecule has 1 fully saturated rings. The molecule has 1 saturated heterocycles. The molecule has 1 aromatic rings. The molecule has 3 heteroatoms. The highest BCUT2D eigenvalue weighted by molar-refractivity contribution is 5.35. The Balaban J connectivity index is 1.71. The molecule has 3 nitrogen and oxygen atoms in total. The molecular formula is C14H16N2O. The lowest BCUT2D eigenvalue weighted by Gasteiger charge is -2.32. The van der Waals surface area contributed by atoms with E-state index in [-0.39, 0.29) is 5.92 Å². The van der Waals surface area contributed by atoms with Gasteiger partial charge in [-0.2, -0.15) is 5.26 Å². The summed E-state index contributed by atoms with van der Waals surface area (Å²) in [6.07, 6.45) is 2.06. The second kappa shape index (κ2) is 4.38. The van der Waals surface area contributed by atoms with Gasteiger partial charge in [-0.25, -0.2) is 0 Å². The number of para-hydroxylation sites is 1. The number of benzene rings is 1. The second-order valence-electron chi connectivity index (χ2n) is 4.89. The van der Waals surface area contributed by atoms with Crippen LogP contribution in [0.15, 0.2) is 24.3 Å². The highest BCUT2D eigenvalue weighted by atomic mass is 16.5.